The Kier molecular flexibility index (Phi) is 3.86. The predicted molar refractivity (Wildman–Crippen MR) is 67.6 cm³/mol. The van der Waals surface area contributed by atoms with Crippen molar-refractivity contribution in [1.29, 1.82) is 0 Å². The van der Waals surface area contributed by atoms with E-state index in [0.717, 1.165) is 12.0 Å². The van der Waals surface area contributed by atoms with Gasteiger partial charge in [-0.2, -0.15) is 0 Å². The van der Waals surface area contributed by atoms with Gasteiger partial charge in [0.1, 0.15) is 5.56 Å². The van der Waals surface area contributed by atoms with Crippen molar-refractivity contribution in [2.75, 3.05) is 11.9 Å². The Morgan fingerprint density at radius 2 is 1.89 bits per heavy atom. The molecule has 0 radical (unpaired) electrons. The molecule has 92 valence electrons. The Morgan fingerprint density at radius 1 is 1.17 bits per heavy atom. The zero-order valence-corrected chi connectivity index (χ0v) is 9.71. The number of carboxylic acid groups (broad SMARTS) is 1. The minimum absolute atomic E-state index is 0.187. The summed E-state index contributed by atoms with van der Waals surface area (Å²) in [6.07, 6.45) is 7.21. The molecule has 5 heteroatoms. The number of nitrogens with one attached hydrogen (secondary N) is 1. The number of hydrogen-bond donors (Lipinski definition) is 2. The van der Waals surface area contributed by atoms with E-state index in [-0.39, 0.29) is 5.56 Å². The molecule has 0 amide bonds. The minimum atomic E-state index is -0.977. The van der Waals surface area contributed by atoms with Gasteiger partial charge < -0.3 is 10.4 Å². The minimum Gasteiger partial charge on any atom is -0.478 e. The quantitative estimate of drug-likeness (QED) is 0.838. The molecule has 0 aliphatic carbocycles. The van der Waals surface area contributed by atoms with Gasteiger partial charge in [0.15, 0.2) is 0 Å². The number of pyridine rings is 2. The molecular formula is C13H13N3O2. The molecule has 2 aromatic rings. The first kappa shape index (κ1) is 12.0. The number of aromatic nitrogens is 2. The molecule has 2 aromatic heterocycles. The van der Waals surface area contributed by atoms with E-state index in [4.69, 9.17) is 5.11 Å². The lowest BCUT2D eigenvalue weighted by molar-refractivity contribution is 0.0697. The number of aromatic carboxylic acids is 1. The van der Waals surface area contributed by atoms with Crippen LogP contribution in [0, 0.1) is 0 Å². The third-order valence-corrected chi connectivity index (χ3v) is 2.53. The molecule has 18 heavy (non-hydrogen) atoms. The van der Waals surface area contributed by atoms with Gasteiger partial charge in [-0.15, -0.1) is 0 Å². The van der Waals surface area contributed by atoms with Crippen LogP contribution in [0.15, 0.2) is 43.0 Å². The van der Waals surface area contributed by atoms with Crippen molar-refractivity contribution in [2.24, 2.45) is 0 Å². The van der Waals surface area contributed by atoms with Crippen LogP contribution < -0.4 is 5.32 Å². The highest BCUT2D eigenvalue weighted by Crippen LogP contribution is 2.13. The third-order valence-electron chi connectivity index (χ3n) is 2.53. The van der Waals surface area contributed by atoms with E-state index in [9.17, 15) is 4.79 Å². The van der Waals surface area contributed by atoms with Crippen molar-refractivity contribution < 1.29 is 9.90 Å². The molecular weight excluding hydrogens is 230 g/mol. The maximum absolute atomic E-state index is 11.0. The van der Waals surface area contributed by atoms with Crippen molar-refractivity contribution >= 4 is 11.7 Å². The Hall–Kier alpha value is -2.43. The van der Waals surface area contributed by atoms with Gasteiger partial charge in [0.25, 0.3) is 0 Å². The summed E-state index contributed by atoms with van der Waals surface area (Å²) in [4.78, 5) is 18.7. The highest BCUT2D eigenvalue weighted by molar-refractivity contribution is 5.93. The van der Waals surface area contributed by atoms with Gasteiger partial charge >= 0.3 is 5.97 Å². The van der Waals surface area contributed by atoms with Crippen LogP contribution in [-0.2, 0) is 6.42 Å². The molecule has 0 spiro atoms. The first-order chi connectivity index (χ1) is 8.77. The highest BCUT2D eigenvalue weighted by atomic mass is 16.4. The van der Waals surface area contributed by atoms with Gasteiger partial charge in [0.05, 0.1) is 5.69 Å². The van der Waals surface area contributed by atoms with E-state index >= 15 is 0 Å². The van der Waals surface area contributed by atoms with Gasteiger partial charge in [-0.3, -0.25) is 9.97 Å². The first-order valence-electron chi connectivity index (χ1n) is 5.57. The summed E-state index contributed by atoms with van der Waals surface area (Å²) in [5, 5.41) is 12.1. The zero-order valence-electron chi connectivity index (χ0n) is 9.71. The Labute approximate surface area is 105 Å². The monoisotopic (exact) mass is 243 g/mol. The molecule has 0 fully saturated rings. The van der Waals surface area contributed by atoms with Crippen molar-refractivity contribution in [3.8, 4) is 0 Å². The fourth-order valence-electron chi connectivity index (χ4n) is 1.61. The van der Waals surface area contributed by atoms with Crippen LogP contribution in [0.25, 0.3) is 0 Å². The maximum atomic E-state index is 11.0. The highest BCUT2D eigenvalue weighted by Gasteiger charge is 2.08. The molecule has 2 N–H and O–H groups in total. The van der Waals surface area contributed by atoms with Crippen LogP contribution in [0.3, 0.4) is 0 Å². The number of carbonyl (C=O) groups is 1. The molecule has 2 heterocycles. The maximum Gasteiger partial charge on any atom is 0.339 e. The standard InChI is InChI=1S/C13H13N3O2/c17-13(18)11-9-15-7-4-12(11)16-8-3-10-1-5-14-6-2-10/h1-2,4-7,9H,3,8H2,(H,15,16)(H,17,18). The Bertz CT molecular complexity index is 529. The lowest BCUT2D eigenvalue weighted by atomic mass is 10.2. The smallest absolute Gasteiger partial charge is 0.339 e. The van der Waals surface area contributed by atoms with Crippen LogP contribution in [-0.4, -0.2) is 27.6 Å². The number of rotatable bonds is 5. The van der Waals surface area contributed by atoms with E-state index in [1.807, 2.05) is 12.1 Å². The third kappa shape index (κ3) is 3.04. The summed E-state index contributed by atoms with van der Waals surface area (Å²) < 4.78 is 0. The fraction of sp³-hybridized carbons (Fsp3) is 0.154. The second-order valence-corrected chi connectivity index (χ2v) is 3.76. The lowest BCUT2D eigenvalue weighted by Gasteiger charge is -2.08. The summed E-state index contributed by atoms with van der Waals surface area (Å²) in [6.45, 7) is 0.661. The van der Waals surface area contributed by atoms with Crippen LogP contribution in [0.5, 0.6) is 0 Å². The van der Waals surface area contributed by atoms with E-state index in [1.54, 1.807) is 24.7 Å². The Balaban J connectivity index is 1.97. The normalized spacial score (nSPS) is 10.0. The SMILES string of the molecule is O=C(O)c1cnccc1NCCc1ccncc1. The molecule has 0 saturated carbocycles. The van der Waals surface area contributed by atoms with E-state index in [2.05, 4.69) is 15.3 Å². The fourth-order valence-corrected chi connectivity index (χ4v) is 1.61. The van der Waals surface area contributed by atoms with Crippen molar-refractivity contribution in [2.45, 2.75) is 6.42 Å². The molecule has 0 aliphatic heterocycles. The molecule has 5 nitrogen and oxygen atoms in total. The average Bonchev–Trinajstić information content (AvgIpc) is 2.40. The van der Waals surface area contributed by atoms with Gasteiger partial charge in [-0.25, -0.2) is 4.79 Å². The van der Waals surface area contributed by atoms with Crippen LogP contribution >= 0.6 is 0 Å². The number of hydrogen-bond acceptors (Lipinski definition) is 4. The first-order valence-corrected chi connectivity index (χ1v) is 5.57. The molecule has 0 bridgehead atoms. The molecule has 0 saturated heterocycles. The lowest BCUT2D eigenvalue weighted by Crippen LogP contribution is -2.09. The number of carboxylic acids is 1. The summed E-state index contributed by atoms with van der Waals surface area (Å²) in [5.74, 6) is -0.977. The topological polar surface area (TPSA) is 75.1 Å². The van der Waals surface area contributed by atoms with Gasteiger partial charge in [-0.1, -0.05) is 0 Å². The summed E-state index contributed by atoms with van der Waals surface area (Å²) in [6, 6.07) is 5.54. The molecule has 0 aromatic carbocycles. The molecule has 0 unspecified atom stereocenters. The van der Waals surface area contributed by atoms with Crippen molar-refractivity contribution in [3.05, 3.63) is 54.1 Å². The van der Waals surface area contributed by atoms with Crippen LogP contribution in [0.2, 0.25) is 0 Å². The predicted octanol–water partition coefficient (Wildman–Crippen LogP) is 1.83. The van der Waals surface area contributed by atoms with Gasteiger partial charge in [-0.05, 0) is 30.2 Å². The summed E-state index contributed by atoms with van der Waals surface area (Å²) >= 11 is 0. The largest absolute Gasteiger partial charge is 0.478 e. The summed E-state index contributed by atoms with van der Waals surface area (Å²) in [7, 11) is 0. The van der Waals surface area contributed by atoms with Gasteiger partial charge in [0, 0.05) is 31.3 Å². The molecule has 0 aliphatic rings. The van der Waals surface area contributed by atoms with Crippen molar-refractivity contribution in [3.63, 3.8) is 0 Å². The van der Waals surface area contributed by atoms with E-state index < -0.39 is 5.97 Å². The molecule has 0 atom stereocenters. The number of anilines is 1. The summed E-state index contributed by atoms with van der Waals surface area (Å²) in [5.41, 5.74) is 1.93. The van der Waals surface area contributed by atoms with Crippen LogP contribution in [0.4, 0.5) is 5.69 Å². The van der Waals surface area contributed by atoms with E-state index in [0.29, 0.717) is 12.2 Å². The zero-order chi connectivity index (χ0) is 12.8. The molecule has 2 rings (SSSR count). The number of nitrogens with zero attached hydrogens (tertiary/aromatic N) is 2. The average molecular weight is 243 g/mol. The van der Waals surface area contributed by atoms with Crippen molar-refractivity contribution in [1.82, 2.24) is 9.97 Å². The Morgan fingerprint density at radius 3 is 2.61 bits per heavy atom. The second-order valence-electron chi connectivity index (χ2n) is 3.76. The van der Waals surface area contributed by atoms with E-state index in [1.165, 1.54) is 6.20 Å². The second kappa shape index (κ2) is 5.77. The van der Waals surface area contributed by atoms with Gasteiger partial charge in [0.2, 0.25) is 0 Å². The van der Waals surface area contributed by atoms with Crippen LogP contribution in [0.1, 0.15) is 15.9 Å².